The van der Waals surface area contributed by atoms with E-state index in [1.807, 2.05) is 43.3 Å². The van der Waals surface area contributed by atoms with Crippen LogP contribution in [0.2, 0.25) is 5.02 Å². The fourth-order valence-electron chi connectivity index (χ4n) is 3.06. The minimum absolute atomic E-state index is 0.148. The molecule has 1 amide bonds. The van der Waals surface area contributed by atoms with Gasteiger partial charge in [-0.3, -0.25) is 9.79 Å². The lowest BCUT2D eigenvalue weighted by Gasteiger charge is -2.09. The summed E-state index contributed by atoms with van der Waals surface area (Å²) in [6.45, 7) is 1.91. The predicted molar refractivity (Wildman–Crippen MR) is 128 cm³/mol. The third-order valence-corrected chi connectivity index (χ3v) is 6.09. The molecule has 0 bridgehead atoms. The zero-order valence-corrected chi connectivity index (χ0v) is 18.3. The van der Waals surface area contributed by atoms with E-state index in [1.165, 1.54) is 23.9 Å². The van der Waals surface area contributed by atoms with Gasteiger partial charge in [0.25, 0.3) is 0 Å². The van der Waals surface area contributed by atoms with E-state index in [0.717, 1.165) is 33.3 Å². The van der Waals surface area contributed by atoms with E-state index < -0.39 is 0 Å². The van der Waals surface area contributed by atoms with E-state index >= 15 is 0 Å². The zero-order chi connectivity index (χ0) is 21.8. The summed E-state index contributed by atoms with van der Waals surface area (Å²) < 4.78 is 13.4. The number of amides is 1. The molecule has 4 rings (SSSR count). The van der Waals surface area contributed by atoms with Crippen molar-refractivity contribution >= 4 is 57.1 Å². The van der Waals surface area contributed by atoms with Gasteiger partial charge < -0.3 is 5.32 Å². The Morgan fingerprint density at radius 1 is 1.06 bits per heavy atom. The van der Waals surface area contributed by atoms with Crippen molar-refractivity contribution in [3.63, 3.8) is 0 Å². The van der Waals surface area contributed by atoms with E-state index in [1.54, 1.807) is 18.2 Å². The van der Waals surface area contributed by atoms with Crippen molar-refractivity contribution < 1.29 is 9.18 Å². The maximum Gasteiger partial charge on any atom is 0.234 e. The SMILES string of the molecule is Cc1ccc(NC(=O)CSC2=Nc3ccccc3N=C(c3ccc(F)cc3)C2)cc1Cl. The second kappa shape index (κ2) is 9.45. The number of aliphatic imine (C=N–C) groups is 2. The number of aryl methyl sites for hydroxylation is 1. The Hall–Kier alpha value is -2.96. The second-order valence-corrected chi connectivity index (χ2v) is 8.49. The first-order chi connectivity index (χ1) is 15.0. The Labute approximate surface area is 189 Å². The van der Waals surface area contributed by atoms with Gasteiger partial charge in [0, 0.05) is 17.1 Å². The van der Waals surface area contributed by atoms with Gasteiger partial charge in [-0.2, -0.15) is 0 Å². The zero-order valence-electron chi connectivity index (χ0n) is 16.7. The molecule has 7 heteroatoms. The summed E-state index contributed by atoms with van der Waals surface area (Å²) in [6, 6.07) is 19.2. The first-order valence-corrected chi connectivity index (χ1v) is 11.0. The highest BCUT2D eigenvalue weighted by Gasteiger charge is 2.17. The van der Waals surface area contributed by atoms with Crippen LogP contribution < -0.4 is 5.32 Å². The Kier molecular flexibility index (Phi) is 6.49. The summed E-state index contributed by atoms with van der Waals surface area (Å²) in [4.78, 5) is 22.0. The number of para-hydroxylation sites is 2. The molecular weight excluding hydrogens is 433 g/mol. The molecule has 0 aromatic heterocycles. The molecule has 1 heterocycles. The number of hydrogen-bond donors (Lipinski definition) is 1. The summed E-state index contributed by atoms with van der Waals surface area (Å²) in [6.07, 6.45) is 0.453. The van der Waals surface area contributed by atoms with Gasteiger partial charge in [0.1, 0.15) is 5.82 Å². The molecule has 4 nitrogen and oxygen atoms in total. The number of fused-ring (bicyclic) bond motifs is 1. The molecule has 0 saturated carbocycles. The molecule has 0 unspecified atom stereocenters. The fourth-order valence-corrected chi connectivity index (χ4v) is 4.02. The van der Waals surface area contributed by atoms with Crippen LogP contribution in [-0.2, 0) is 4.79 Å². The number of carbonyl (C=O) groups is 1. The maximum absolute atomic E-state index is 13.4. The first kappa shape index (κ1) is 21.3. The Morgan fingerprint density at radius 2 is 1.77 bits per heavy atom. The van der Waals surface area contributed by atoms with Crippen LogP contribution in [0.4, 0.5) is 21.5 Å². The Morgan fingerprint density at radius 3 is 2.48 bits per heavy atom. The maximum atomic E-state index is 13.4. The molecule has 3 aromatic carbocycles. The highest BCUT2D eigenvalue weighted by molar-refractivity contribution is 8.14. The standard InChI is InChI=1S/C24H19ClFN3OS/c1-15-6-11-18(12-19(15)25)27-23(30)14-31-24-13-22(16-7-9-17(26)10-8-16)28-20-4-2-3-5-21(20)29-24/h2-12H,13-14H2,1H3,(H,27,30). The molecule has 156 valence electrons. The molecule has 1 aliphatic heterocycles. The number of nitrogens with one attached hydrogen (secondary N) is 1. The molecule has 1 aliphatic rings. The average Bonchev–Trinajstić information content (AvgIpc) is 2.95. The summed E-state index contributed by atoms with van der Waals surface area (Å²) in [5, 5.41) is 4.24. The molecule has 3 aromatic rings. The van der Waals surface area contributed by atoms with Crippen LogP contribution in [0.3, 0.4) is 0 Å². The molecule has 0 atom stereocenters. The van der Waals surface area contributed by atoms with Crippen LogP contribution in [0.1, 0.15) is 17.5 Å². The molecular formula is C24H19ClFN3OS. The van der Waals surface area contributed by atoms with Gasteiger partial charge in [-0.05, 0) is 54.4 Å². The number of rotatable bonds is 4. The van der Waals surface area contributed by atoms with Crippen molar-refractivity contribution in [2.24, 2.45) is 9.98 Å². The topological polar surface area (TPSA) is 53.8 Å². The third kappa shape index (κ3) is 5.40. The number of anilines is 1. The van der Waals surface area contributed by atoms with Gasteiger partial charge in [-0.25, -0.2) is 9.38 Å². The number of nitrogens with zero attached hydrogens (tertiary/aromatic N) is 2. The Bertz CT molecular complexity index is 1190. The lowest BCUT2D eigenvalue weighted by molar-refractivity contribution is -0.113. The molecule has 0 fully saturated rings. The monoisotopic (exact) mass is 451 g/mol. The molecule has 1 N–H and O–H groups in total. The summed E-state index contributed by atoms with van der Waals surface area (Å²) in [5.41, 5.74) is 4.70. The van der Waals surface area contributed by atoms with Crippen LogP contribution in [0.15, 0.2) is 76.7 Å². The van der Waals surface area contributed by atoms with Crippen molar-refractivity contribution in [2.75, 3.05) is 11.1 Å². The summed E-state index contributed by atoms with van der Waals surface area (Å²) >= 11 is 7.49. The van der Waals surface area contributed by atoms with E-state index in [2.05, 4.69) is 5.32 Å². The van der Waals surface area contributed by atoms with Crippen LogP contribution in [0.5, 0.6) is 0 Å². The minimum Gasteiger partial charge on any atom is -0.325 e. The largest absolute Gasteiger partial charge is 0.325 e. The predicted octanol–water partition coefficient (Wildman–Crippen LogP) is 6.71. The van der Waals surface area contributed by atoms with E-state index in [4.69, 9.17) is 21.6 Å². The third-order valence-electron chi connectivity index (χ3n) is 4.70. The Balaban J connectivity index is 1.51. The molecule has 0 aliphatic carbocycles. The van der Waals surface area contributed by atoms with Crippen molar-refractivity contribution in [1.82, 2.24) is 0 Å². The van der Waals surface area contributed by atoms with Crippen molar-refractivity contribution in [2.45, 2.75) is 13.3 Å². The highest BCUT2D eigenvalue weighted by Crippen LogP contribution is 2.33. The van der Waals surface area contributed by atoms with E-state index in [-0.39, 0.29) is 17.5 Å². The smallest absolute Gasteiger partial charge is 0.234 e. The fraction of sp³-hybridized carbons (Fsp3) is 0.125. The average molecular weight is 452 g/mol. The second-order valence-electron chi connectivity index (χ2n) is 7.04. The molecule has 0 spiro atoms. The quantitative estimate of drug-likeness (QED) is 0.479. The van der Waals surface area contributed by atoms with Gasteiger partial charge in [0.2, 0.25) is 5.91 Å². The number of halogens is 2. The minimum atomic E-state index is -0.297. The van der Waals surface area contributed by atoms with Crippen LogP contribution >= 0.6 is 23.4 Å². The van der Waals surface area contributed by atoms with Crippen LogP contribution in [0.25, 0.3) is 0 Å². The number of carbonyl (C=O) groups excluding carboxylic acids is 1. The number of benzene rings is 3. The van der Waals surface area contributed by atoms with Gasteiger partial charge in [-0.1, -0.05) is 41.9 Å². The number of hydrogen-bond acceptors (Lipinski definition) is 4. The first-order valence-electron chi connectivity index (χ1n) is 9.67. The summed E-state index contributed by atoms with van der Waals surface area (Å²) in [7, 11) is 0. The molecule has 31 heavy (non-hydrogen) atoms. The molecule has 0 saturated heterocycles. The van der Waals surface area contributed by atoms with Gasteiger partial charge >= 0.3 is 0 Å². The van der Waals surface area contributed by atoms with Gasteiger partial charge in [0.05, 0.1) is 27.9 Å². The summed E-state index contributed by atoms with van der Waals surface area (Å²) in [5.74, 6) is -0.247. The van der Waals surface area contributed by atoms with Gasteiger partial charge in [-0.15, -0.1) is 11.8 Å². The molecule has 0 radical (unpaired) electrons. The van der Waals surface area contributed by atoms with Crippen molar-refractivity contribution in [3.8, 4) is 0 Å². The lowest BCUT2D eigenvalue weighted by Crippen LogP contribution is -2.16. The normalized spacial score (nSPS) is 13.0. The highest BCUT2D eigenvalue weighted by atomic mass is 35.5. The van der Waals surface area contributed by atoms with Crippen LogP contribution in [0, 0.1) is 12.7 Å². The lowest BCUT2D eigenvalue weighted by atomic mass is 10.1. The van der Waals surface area contributed by atoms with E-state index in [9.17, 15) is 9.18 Å². The number of thioether (sulfide) groups is 1. The van der Waals surface area contributed by atoms with Crippen molar-refractivity contribution in [1.29, 1.82) is 0 Å². The van der Waals surface area contributed by atoms with E-state index in [0.29, 0.717) is 17.1 Å². The van der Waals surface area contributed by atoms with Crippen molar-refractivity contribution in [3.05, 3.63) is 88.7 Å². The van der Waals surface area contributed by atoms with Crippen LogP contribution in [-0.4, -0.2) is 22.4 Å². The van der Waals surface area contributed by atoms with Gasteiger partial charge in [0.15, 0.2) is 0 Å².